The predicted molar refractivity (Wildman–Crippen MR) is 91.3 cm³/mol. The summed E-state index contributed by atoms with van der Waals surface area (Å²) >= 11 is 5.92. The number of benzene rings is 2. The maximum absolute atomic E-state index is 5.92. The topological polar surface area (TPSA) is 15.3 Å². The lowest BCUT2D eigenvalue weighted by atomic mass is 10.1. The largest absolute Gasteiger partial charge is 0.381 e. The molecule has 0 unspecified atom stereocenters. The van der Waals surface area contributed by atoms with E-state index in [1.54, 1.807) is 0 Å². The average Bonchev–Trinajstić information content (AvgIpc) is 2.55. The minimum Gasteiger partial charge on any atom is -0.381 e. The Hall–Kier alpha value is -1.67. The van der Waals surface area contributed by atoms with E-state index in [1.165, 1.54) is 43.6 Å². The third kappa shape index (κ3) is 3.70. The van der Waals surface area contributed by atoms with Gasteiger partial charge >= 0.3 is 0 Å². The molecule has 1 saturated heterocycles. The predicted octanol–water partition coefficient (Wildman–Crippen LogP) is 4.94. The maximum Gasteiger partial charge on any atom is 0.0421 e. The summed E-state index contributed by atoms with van der Waals surface area (Å²) in [5.74, 6) is 0. The third-order valence-corrected chi connectivity index (χ3v) is 4.27. The van der Waals surface area contributed by atoms with Crippen LogP contribution in [0.2, 0.25) is 5.02 Å². The van der Waals surface area contributed by atoms with Gasteiger partial charge in [-0.3, -0.25) is 0 Å². The molecule has 110 valence electrons. The molecule has 1 aliphatic heterocycles. The lowest BCUT2D eigenvalue weighted by Gasteiger charge is -2.30. The van der Waals surface area contributed by atoms with Crippen molar-refractivity contribution in [3.8, 4) is 0 Å². The van der Waals surface area contributed by atoms with Crippen LogP contribution >= 0.6 is 11.6 Å². The van der Waals surface area contributed by atoms with Crippen molar-refractivity contribution in [2.24, 2.45) is 0 Å². The van der Waals surface area contributed by atoms with E-state index in [4.69, 9.17) is 11.6 Å². The van der Waals surface area contributed by atoms with Crippen molar-refractivity contribution < 1.29 is 0 Å². The Kier molecular flexibility index (Phi) is 4.66. The van der Waals surface area contributed by atoms with Crippen LogP contribution in [0, 0.1) is 0 Å². The second-order valence-corrected chi connectivity index (χ2v) is 5.97. The molecule has 0 radical (unpaired) electrons. The van der Waals surface area contributed by atoms with Gasteiger partial charge in [0.25, 0.3) is 0 Å². The number of halogens is 1. The molecule has 0 amide bonds. The van der Waals surface area contributed by atoms with Crippen molar-refractivity contribution in [3.63, 3.8) is 0 Å². The summed E-state index contributed by atoms with van der Waals surface area (Å²) in [6, 6.07) is 16.6. The number of nitrogens with one attached hydrogen (secondary N) is 1. The molecule has 3 heteroatoms. The van der Waals surface area contributed by atoms with Gasteiger partial charge in [0.2, 0.25) is 0 Å². The zero-order chi connectivity index (χ0) is 14.5. The molecule has 2 aromatic rings. The molecule has 0 spiro atoms. The fourth-order valence-electron chi connectivity index (χ4n) is 2.87. The van der Waals surface area contributed by atoms with Crippen molar-refractivity contribution in [2.45, 2.75) is 25.8 Å². The summed E-state index contributed by atoms with van der Waals surface area (Å²) in [6.07, 6.45) is 3.97. The summed E-state index contributed by atoms with van der Waals surface area (Å²) in [6.45, 7) is 3.20. The highest BCUT2D eigenvalue weighted by atomic mass is 35.5. The van der Waals surface area contributed by atoms with Crippen LogP contribution in [0.25, 0.3) is 0 Å². The number of para-hydroxylation sites is 1. The molecule has 1 aliphatic rings. The molecule has 2 nitrogen and oxygen atoms in total. The Balaban J connectivity index is 1.71. The minimum absolute atomic E-state index is 0.772. The quantitative estimate of drug-likeness (QED) is 0.860. The van der Waals surface area contributed by atoms with Crippen LogP contribution in [0.3, 0.4) is 0 Å². The van der Waals surface area contributed by atoms with Crippen molar-refractivity contribution in [1.29, 1.82) is 0 Å². The normalized spacial score (nSPS) is 15.0. The second-order valence-electron chi connectivity index (χ2n) is 5.54. The molecule has 1 fully saturated rings. The average molecular weight is 301 g/mol. The highest BCUT2D eigenvalue weighted by Gasteiger charge is 2.13. The number of rotatable bonds is 4. The summed E-state index contributed by atoms with van der Waals surface area (Å²) in [4.78, 5) is 2.52. The SMILES string of the molecule is Clc1ccc(NCc2ccccc2N2CCCCC2)cc1. The van der Waals surface area contributed by atoms with Gasteiger partial charge in [-0.05, 0) is 55.2 Å². The van der Waals surface area contributed by atoms with Gasteiger partial charge in [-0.1, -0.05) is 29.8 Å². The van der Waals surface area contributed by atoms with E-state index < -0.39 is 0 Å². The monoisotopic (exact) mass is 300 g/mol. The van der Waals surface area contributed by atoms with Crippen LogP contribution in [0.5, 0.6) is 0 Å². The van der Waals surface area contributed by atoms with E-state index in [0.717, 1.165) is 17.3 Å². The molecule has 3 rings (SSSR count). The number of anilines is 2. The highest BCUT2D eigenvalue weighted by molar-refractivity contribution is 6.30. The van der Waals surface area contributed by atoms with Crippen LogP contribution in [0.15, 0.2) is 48.5 Å². The Bertz CT molecular complexity index is 574. The third-order valence-electron chi connectivity index (χ3n) is 4.02. The Labute approximate surface area is 131 Å². The molecule has 0 atom stereocenters. The molecule has 1 heterocycles. The van der Waals surface area contributed by atoms with Crippen LogP contribution in [-0.2, 0) is 6.54 Å². The number of piperidine rings is 1. The van der Waals surface area contributed by atoms with Crippen LogP contribution < -0.4 is 10.2 Å². The molecule has 0 saturated carbocycles. The summed E-state index contributed by atoms with van der Waals surface area (Å²) in [5, 5.41) is 4.25. The highest BCUT2D eigenvalue weighted by Crippen LogP contribution is 2.25. The second kappa shape index (κ2) is 6.86. The number of hydrogen-bond donors (Lipinski definition) is 1. The molecular weight excluding hydrogens is 280 g/mol. The van der Waals surface area contributed by atoms with Gasteiger partial charge in [0, 0.05) is 36.0 Å². The minimum atomic E-state index is 0.772. The van der Waals surface area contributed by atoms with Crippen molar-refractivity contribution in [1.82, 2.24) is 0 Å². The van der Waals surface area contributed by atoms with Gasteiger partial charge < -0.3 is 10.2 Å². The van der Waals surface area contributed by atoms with Crippen molar-refractivity contribution in [3.05, 3.63) is 59.1 Å². The van der Waals surface area contributed by atoms with Gasteiger partial charge in [-0.25, -0.2) is 0 Å². The molecule has 0 aromatic heterocycles. The first kappa shape index (κ1) is 14.3. The fourth-order valence-corrected chi connectivity index (χ4v) is 2.99. The lowest BCUT2D eigenvalue weighted by molar-refractivity contribution is 0.576. The molecular formula is C18H21ClN2. The van der Waals surface area contributed by atoms with Gasteiger partial charge in [0.05, 0.1) is 0 Å². The maximum atomic E-state index is 5.92. The van der Waals surface area contributed by atoms with Crippen LogP contribution in [0.1, 0.15) is 24.8 Å². The van der Waals surface area contributed by atoms with Crippen molar-refractivity contribution >= 4 is 23.0 Å². The summed E-state index contributed by atoms with van der Waals surface area (Å²) < 4.78 is 0. The van der Waals surface area contributed by atoms with E-state index in [1.807, 2.05) is 24.3 Å². The van der Waals surface area contributed by atoms with Gasteiger partial charge in [0.1, 0.15) is 0 Å². The van der Waals surface area contributed by atoms with E-state index in [9.17, 15) is 0 Å². The first-order valence-electron chi connectivity index (χ1n) is 7.65. The molecule has 0 bridgehead atoms. The molecule has 21 heavy (non-hydrogen) atoms. The Morgan fingerprint density at radius 1 is 0.905 bits per heavy atom. The number of nitrogens with zero attached hydrogens (tertiary/aromatic N) is 1. The van der Waals surface area contributed by atoms with E-state index >= 15 is 0 Å². The standard InChI is InChI=1S/C18H21ClN2/c19-16-8-10-17(11-9-16)20-14-15-6-2-3-7-18(15)21-12-4-1-5-13-21/h2-3,6-11,20H,1,4-5,12-14H2. The summed E-state index contributed by atoms with van der Waals surface area (Å²) in [5.41, 5.74) is 3.83. The zero-order valence-electron chi connectivity index (χ0n) is 12.2. The lowest BCUT2D eigenvalue weighted by Crippen LogP contribution is -2.30. The molecule has 0 aliphatic carbocycles. The van der Waals surface area contributed by atoms with Crippen LogP contribution in [-0.4, -0.2) is 13.1 Å². The van der Waals surface area contributed by atoms with E-state index in [0.29, 0.717) is 0 Å². The van der Waals surface area contributed by atoms with Gasteiger partial charge in [0.15, 0.2) is 0 Å². The Morgan fingerprint density at radius 3 is 2.38 bits per heavy atom. The van der Waals surface area contributed by atoms with Gasteiger partial charge in [-0.15, -0.1) is 0 Å². The molecule has 1 N–H and O–H groups in total. The first-order valence-corrected chi connectivity index (χ1v) is 8.03. The van der Waals surface area contributed by atoms with E-state index in [-0.39, 0.29) is 0 Å². The van der Waals surface area contributed by atoms with Gasteiger partial charge in [-0.2, -0.15) is 0 Å². The molecule has 2 aromatic carbocycles. The number of hydrogen-bond acceptors (Lipinski definition) is 2. The van der Waals surface area contributed by atoms with Crippen LogP contribution in [0.4, 0.5) is 11.4 Å². The zero-order valence-corrected chi connectivity index (χ0v) is 12.9. The van der Waals surface area contributed by atoms with Crippen molar-refractivity contribution in [2.75, 3.05) is 23.3 Å². The Morgan fingerprint density at radius 2 is 1.62 bits per heavy atom. The fraction of sp³-hybridized carbons (Fsp3) is 0.333. The van der Waals surface area contributed by atoms with E-state index in [2.05, 4.69) is 34.5 Å². The summed E-state index contributed by atoms with van der Waals surface area (Å²) in [7, 11) is 0. The smallest absolute Gasteiger partial charge is 0.0421 e. The first-order chi connectivity index (χ1) is 10.3.